The van der Waals surface area contributed by atoms with Crippen molar-refractivity contribution in [2.75, 3.05) is 5.73 Å². The number of fused-ring (bicyclic) bond motifs is 1. The summed E-state index contributed by atoms with van der Waals surface area (Å²) in [7, 11) is 0. The first-order chi connectivity index (χ1) is 17.7. The maximum Gasteiger partial charge on any atom is 0.212 e. The van der Waals surface area contributed by atoms with Crippen molar-refractivity contribution in [2.24, 2.45) is 0 Å². The standard InChI is InChI=1S/C31H23FN4/c32-29-19-16-22(21-34-29)30-27-20-26(33)17-18-28(27)36(35-30)31(23-10-4-1-5-11-23,24-12-6-2-7-13-24)25-14-8-3-9-15-25/h1-21H,33H2. The number of hydrogen-bond acceptors (Lipinski definition) is 3. The number of halogens is 1. The van der Waals surface area contributed by atoms with Crippen molar-refractivity contribution in [2.45, 2.75) is 5.54 Å². The van der Waals surface area contributed by atoms with Gasteiger partial charge in [0.15, 0.2) is 0 Å². The van der Waals surface area contributed by atoms with Crippen LogP contribution in [0, 0.1) is 5.95 Å². The van der Waals surface area contributed by atoms with Gasteiger partial charge in [-0.3, -0.25) is 0 Å². The van der Waals surface area contributed by atoms with Gasteiger partial charge >= 0.3 is 0 Å². The maximum absolute atomic E-state index is 13.7. The molecule has 0 atom stereocenters. The van der Waals surface area contributed by atoms with E-state index < -0.39 is 11.5 Å². The number of nitrogens with zero attached hydrogens (tertiary/aromatic N) is 3. The lowest BCUT2D eigenvalue weighted by Gasteiger charge is -2.37. The molecule has 6 aromatic rings. The molecule has 36 heavy (non-hydrogen) atoms. The lowest BCUT2D eigenvalue weighted by atomic mass is 9.77. The SMILES string of the molecule is Nc1ccc2c(c1)c(-c1ccc(F)nc1)nn2C(c1ccccc1)(c1ccccc1)c1ccccc1. The van der Waals surface area contributed by atoms with Crippen LogP contribution in [0.4, 0.5) is 10.1 Å². The molecule has 0 saturated heterocycles. The van der Waals surface area contributed by atoms with Gasteiger partial charge in [-0.2, -0.15) is 9.49 Å². The predicted molar refractivity (Wildman–Crippen MR) is 142 cm³/mol. The fourth-order valence-electron chi connectivity index (χ4n) is 5.03. The Labute approximate surface area is 208 Å². The first-order valence-corrected chi connectivity index (χ1v) is 11.7. The highest BCUT2D eigenvalue weighted by Crippen LogP contribution is 2.44. The van der Waals surface area contributed by atoms with Crippen molar-refractivity contribution in [3.05, 3.63) is 150 Å². The molecule has 0 radical (unpaired) electrons. The van der Waals surface area contributed by atoms with Crippen molar-refractivity contribution in [3.8, 4) is 11.3 Å². The molecule has 0 aliphatic rings. The largest absolute Gasteiger partial charge is 0.399 e. The topological polar surface area (TPSA) is 56.7 Å². The van der Waals surface area contributed by atoms with Gasteiger partial charge in [-0.15, -0.1) is 0 Å². The summed E-state index contributed by atoms with van der Waals surface area (Å²) in [6, 6.07) is 40.0. The van der Waals surface area contributed by atoms with Crippen LogP contribution in [0.3, 0.4) is 0 Å². The van der Waals surface area contributed by atoms with Gasteiger partial charge in [-0.1, -0.05) is 91.0 Å². The predicted octanol–water partition coefficient (Wildman–Crippen LogP) is 6.66. The summed E-state index contributed by atoms with van der Waals surface area (Å²) in [4.78, 5) is 3.88. The molecule has 0 aliphatic heterocycles. The number of aromatic nitrogens is 3. The summed E-state index contributed by atoms with van der Waals surface area (Å²) in [5.74, 6) is -0.533. The van der Waals surface area contributed by atoms with Gasteiger partial charge in [0.2, 0.25) is 5.95 Å². The third-order valence-corrected chi connectivity index (χ3v) is 6.60. The van der Waals surface area contributed by atoms with Gasteiger partial charge in [-0.25, -0.2) is 9.67 Å². The van der Waals surface area contributed by atoms with Crippen LogP contribution in [0.5, 0.6) is 0 Å². The minimum Gasteiger partial charge on any atom is -0.399 e. The quantitative estimate of drug-likeness (QED) is 0.174. The lowest BCUT2D eigenvalue weighted by Crippen LogP contribution is -2.38. The Kier molecular flexibility index (Phi) is 5.30. The van der Waals surface area contributed by atoms with Gasteiger partial charge in [0.1, 0.15) is 11.2 Å². The molecule has 174 valence electrons. The van der Waals surface area contributed by atoms with Gasteiger partial charge < -0.3 is 5.73 Å². The van der Waals surface area contributed by atoms with E-state index in [9.17, 15) is 4.39 Å². The van der Waals surface area contributed by atoms with Gasteiger partial charge in [0.05, 0.1) is 5.52 Å². The van der Waals surface area contributed by atoms with Crippen LogP contribution < -0.4 is 5.73 Å². The number of nitrogens with two attached hydrogens (primary N) is 1. The lowest BCUT2D eigenvalue weighted by molar-refractivity contribution is 0.477. The zero-order valence-electron chi connectivity index (χ0n) is 19.4. The molecule has 2 aromatic heterocycles. The van der Waals surface area contributed by atoms with E-state index in [2.05, 4.69) is 46.1 Å². The second kappa shape index (κ2) is 8.78. The van der Waals surface area contributed by atoms with Crippen molar-refractivity contribution < 1.29 is 4.39 Å². The second-order valence-corrected chi connectivity index (χ2v) is 8.72. The Bertz CT molecular complexity index is 1530. The maximum atomic E-state index is 13.7. The van der Waals surface area contributed by atoms with Crippen LogP contribution in [0.2, 0.25) is 0 Å². The van der Waals surface area contributed by atoms with E-state index in [1.165, 1.54) is 12.3 Å². The highest BCUT2D eigenvalue weighted by molar-refractivity contribution is 5.95. The Hall–Kier alpha value is -4.77. The van der Waals surface area contributed by atoms with E-state index >= 15 is 0 Å². The van der Waals surface area contributed by atoms with E-state index in [1.807, 2.05) is 72.8 Å². The van der Waals surface area contributed by atoms with Crippen LogP contribution in [0.1, 0.15) is 16.7 Å². The van der Waals surface area contributed by atoms with Crippen LogP contribution >= 0.6 is 0 Å². The first kappa shape index (κ1) is 21.7. The molecular formula is C31H23FN4. The molecule has 0 amide bonds. The van der Waals surface area contributed by atoms with Gasteiger partial charge in [-0.05, 0) is 47.0 Å². The molecule has 2 heterocycles. The molecule has 4 nitrogen and oxygen atoms in total. The summed E-state index contributed by atoms with van der Waals surface area (Å²) >= 11 is 0. The smallest absolute Gasteiger partial charge is 0.212 e. The molecule has 0 spiro atoms. The summed E-state index contributed by atoms with van der Waals surface area (Å²) < 4.78 is 15.8. The molecule has 0 bridgehead atoms. The fraction of sp³-hybridized carbons (Fsp3) is 0.0323. The molecule has 0 fully saturated rings. The summed E-state index contributed by atoms with van der Waals surface area (Å²) in [5, 5.41) is 6.10. The highest BCUT2D eigenvalue weighted by atomic mass is 19.1. The number of nitrogen functional groups attached to an aromatic ring is 1. The molecule has 0 unspecified atom stereocenters. The van der Waals surface area contributed by atoms with Crippen LogP contribution in [-0.2, 0) is 5.54 Å². The van der Waals surface area contributed by atoms with E-state index in [1.54, 1.807) is 6.07 Å². The fourth-order valence-corrected chi connectivity index (χ4v) is 5.03. The average Bonchev–Trinajstić information content (AvgIpc) is 3.30. The van der Waals surface area contributed by atoms with E-state index in [0.717, 1.165) is 27.6 Å². The average molecular weight is 471 g/mol. The summed E-state index contributed by atoms with van der Waals surface area (Å²) in [6.07, 6.45) is 1.51. The Morgan fingerprint density at radius 1 is 0.667 bits per heavy atom. The number of anilines is 1. The Balaban J connectivity index is 1.79. The van der Waals surface area contributed by atoms with Crippen LogP contribution in [-0.4, -0.2) is 14.8 Å². The molecular weight excluding hydrogens is 447 g/mol. The Morgan fingerprint density at radius 3 is 1.72 bits per heavy atom. The van der Waals surface area contributed by atoms with Gasteiger partial charge in [0, 0.05) is 22.8 Å². The van der Waals surface area contributed by atoms with Crippen molar-refractivity contribution >= 4 is 16.6 Å². The monoisotopic (exact) mass is 470 g/mol. The third kappa shape index (κ3) is 3.45. The third-order valence-electron chi connectivity index (χ3n) is 6.60. The molecule has 0 aliphatic carbocycles. The zero-order chi connectivity index (χ0) is 24.5. The number of hydrogen-bond donors (Lipinski definition) is 1. The van der Waals surface area contributed by atoms with Crippen molar-refractivity contribution in [1.29, 1.82) is 0 Å². The normalized spacial score (nSPS) is 11.6. The van der Waals surface area contributed by atoms with Crippen molar-refractivity contribution in [1.82, 2.24) is 14.8 Å². The summed E-state index contributed by atoms with van der Waals surface area (Å²) in [5.41, 5.74) is 11.6. The van der Waals surface area contributed by atoms with E-state index in [0.29, 0.717) is 16.9 Å². The van der Waals surface area contributed by atoms with E-state index in [-0.39, 0.29) is 0 Å². The molecule has 6 rings (SSSR count). The Morgan fingerprint density at radius 2 is 1.22 bits per heavy atom. The van der Waals surface area contributed by atoms with Gasteiger partial charge in [0.25, 0.3) is 0 Å². The summed E-state index contributed by atoms with van der Waals surface area (Å²) in [6.45, 7) is 0. The van der Waals surface area contributed by atoms with Crippen LogP contribution in [0.15, 0.2) is 128 Å². The number of pyridine rings is 1. The molecule has 5 heteroatoms. The minimum atomic E-state index is -0.788. The second-order valence-electron chi connectivity index (χ2n) is 8.72. The first-order valence-electron chi connectivity index (χ1n) is 11.7. The van der Waals surface area contributed by atoms with E-state index in [4.69, 9.17) is 10.8 Å². The molecule has 4 aromatic carbocycles. The molecule has 2 N–H and O–H groups in total. The van der Waals surface area contributed by atoms with Crippen LogP contribution in [0.25, 0.3) is 22.2 Å². The van der Waals surface area contributed by atoms with Crippen molar-refractivity contribution in [3.63, 3.8) is 0 Å². The number of benzene rings is 4. The number of rotatable bonds is 5. The zero-order valence-corrected chi connectivity index (χ0v) is 19.4. The molecule has 0 saturated carbocycles. The minimum absolute atomic E-state index is 0.533. The highest BCUT2D eigenvalue weighted by Gasteiger charge is 2.40.